The lowest BCUT2D eigenvalue weighted by Crippen LogP contribution is -2.19. The number of hydrogen-bond acceptors (Lipinski definition) is 1. The van der Waals surface area contributed by atoms with Crippen molar-refractivity contribution in [2.24, 2.45) is 5.41 Å². The lowest BCUT2D eigenvalue weighted by Gasteiger charge is -2.23. The van der Waals surface area contributed by atoms with E-state index < -0.39 is 0 Å². The van der Waals surface area contributed by atoms with E-state index in [2.05, 4.69) is 27.7 Å². The van der Waals surface area contributed by atoms with E-state index in [0.29, 0.717) is 5.41 Å². The number of unbranched alkanes of at least 4 members (excludes halogenated alkanes) is 2. The molecule has 0 bridgehead atoms. The van der Waals surface area contributed by atoms with Crippen LogP contribution in [-0.4, -0.2) is 13.2 Å². The summed E-state index contributed by atoms with van der Waals surface area (Å²) in [5.41, 5.74) is 0.380. The fraction of sp³-hybridized carbons (Fsp3) is 1.00. The standard InChI is InChI=1S/C11H24O/c1-5-7-8-9-11(3,4)10-12-6-2/h5-10H2,1-4H3. The molecule has 1 heteroatoms. The van der Waals surface area contributed by atoms with Crippen LogP contribution in [0.4, 0.5) is 0 Å². The normalized spacial score (nSPS) is 12.0. The Morgan fingerprint density at radius 3 is 2.25 bits per heavy atom. The van der Waals surface area contributed by atoms with Gasteiger partial charge in [0, 0.05) is 6.61 Å². The Bertz CT molecular complexity index is 97.2. The maximum Gasteiger partial charge on any atom is 0.0516 e. The van der Waals surface area contributed by atoms with Crippen LogP contribution in [0.15, 0.2) is 0 Å². The maximum absolute atomic E-state index is 5.43. The first kappa shape index (κ1) is 12.0. The van der Waals surface area contributed by atoms with E-state index in [-0.39, 0.29) is 0 Å². The fourth-order valence-corrected chi connectivity index (χ4v) is 1.30. The summed E-state index contributed by atoms with van der Waals surface area (Å²) < 4.78 is 5.43. The monoisotopic (exact) mass is 172 g/mol. The average Bonchev–Trinajstić information content (AvgIpc) is 2.01. The van der Waals surface area contributed by atoms with Gasteiger partial charge < -0.3 is 4.74 Å². The molecule has 0 aromatic carbocycles. The highest BCUT2D eigenvalue weighted by Gasteiger charge is 2.16. The predicted molar refractivity (Wildman–Crippen MR) is 54.4 cm³/mol. The molecule has 0 N–H and O–H groups in total. The molecule has 0 rings (SSSR count). The van der Waals surface area contributed by atoms with Crippen molar-refractivity contribution in [1.29, 1.82) is 0 Å². The third kappa shape index (κ3) is 6.66. The minimum absolute atomic E-state index is 0.380. The van der Waals surface area contributed by atoms with Crippen LogP contribution in [0.3, 0.4) is 0 Å². The highest BCUT2D eigenvalue weighted by atomic mass is 16.5. The summed E-state index contributed by atoms with van der Waals surface area (Å²) in [6, 6.07) is 0. The first-order chi connectivity index (χ1) is 5.62. The van der Waals surface area contributed by atoms with Gasteiger partial charge in [0.05, 0.1) is 6.61 Å². The van der Waals surface area contributed by atoms with Gasteiger partial charge in [-0.1, -0.05) is 40.0 Å². The molecular weight excluding hydrogens is 148 g/mol. The first-order valence-corrected chi connectivity index (χ1v) is 5.20. The van der Waals surface area contributed by atoms with Crippen molar-refractivity contribution in [2.45, 2.75) is 53.4 Å². The lowest BCUT2D eigenvalue weighted by molar-refractivity contribution is 0.0646. The Hall–Kier alpha value is -0.0400. The van der Waals surface area contributed by atoms with E-state index in [0.717, 1.165) is 13.2 Å². The summed E-state index contributed by atoms with van der Waals surface area (Å²) in [7, 11) is 0. The van der Waals surface area contributed by atoms with E-state index in [1.165, 1.54) is 25.7 Å². The van der Waals surface area contributed by atoms with Gasteiger partial charge in [-0.3, -0.25) is 0 Å². The Balaban J connectivity index is 3.42. The van der Waals surface area contributed by atoms with Gasteiger partial charge in [-0.2, -0.15) is 0 Å². The number of ether oxygens (including phenoxy) is 1. The van der Waals surface area contributed by atoms with E-state index in [9.17, 15) is 0 Å². The van der Waals surface area contributed by atoms with Gasteiger partial charge in [-0.15, -0.1) is 0 Å². The van der Waals surface area contributed by atoms with Crippen LogP contribution in [0.25, 0.3) is 0 Å². The molecule has 0 amide bonds. The molecule has 0 saturated heterocycles. The molecule has 0 heterocycles. The molecule has 0 spiro atoms. The zero-order chi connectivity index (χ0) is 9.45. The molecule has 0 unspecified atom stereocenters. The summed E-state index contributed by atoms with van der Waals surface area (Å²) in [6.45, 7) is 10.6. The van der Waals surface area contributed by atoms with Crippen molar-refractivity contribution in [1.82, 2.24) is 0 Å². The third-order valence-corrected chi connectivity index (χ3v) is 2.15. The summed E-state index contributed by atoms with van der Waals surface area (Å²) in [5.74, 6) is 0. The molecular formula is C11H24O. The van der Waals surface area contributed by atoms with Gasteiger partial charge in [-0.25, -0.2) is 0 Å². The van der Waals surface area contributed by atoms with Crippen LogP contribution in [-0.2, 0) is 4.74 Å². The quantitative estimate of drug-likeness (QED) is 0.533. The molecule has 0 aromatic heterocycles. The van der Waals surface area contributed by atoms with Crippen molar-refractivity contribution >= 4 is 0 Å². The Morgan fingerprint density at radius 2 is 1.75 bits per heavy atom. The largest absolute Gasteiger partial charge is 0.381 e. The van der Waals surface area contributed by atoms with Gasteiger partial charge >= 0.3 is 0 Å². The molecule has 0 radical (unpaired) electrons. The smallest absolute Gasteiger partial charge is 0.0516 e. The predicted octanol–water partition coefficient (Wildman–Crippen LogP) is 3.63. The van der Waals surface area contributed by atoms with Crippen molar-refractivity contribution in [3.05, 3.63) is 0 Å². The fourth-order valence-electron chi connectivity index (χ4n) is 1.30. The van der Waals surface area contributed by atoms with Gasteiger partial charge in [0.1, 0.15) is 0 Å². The van der Waals surface area contributed by atoms with E-state index in [1.807, 2.05) is 0 Å². The van der Waals surface area contributed by atoms with Crippen molar-refractivity contribution in [2.75, 3.05) is 13.2 Å². The lowest BCUT2D eigenvalue weighted by atomic mass is 9.88. The minimum Gasteiger partial charge on any atom is -0.381 e. The minimum atomic E-state index is 0.380. The van der Waals surface area contributed by atoms with Crippen molar-refractivity contribution in [3.63, 3.8) is 0 Å². The molecule has 0 aromatic rings. The van der Waals surface area contributed by atoms with Gasteiger partial charge in [0.15, 0.2) is 0 Å². The second-order valence-electron chi connectivity index (χ2n) is 4.26. The average molecular weight is 172 g/mol. The topological polar surface area (TPSA) is 9.23 Å². The number of rotatable bonds is 7. The van der Waals surface area contributed by atoms with Crippen LogP contribution >= 0.6 is 0 Å². The SMILES string of the molecule is CCCCCC(C)(C)COCC. The van der Waals surface area contributed by atoms with Crippen LogP contribution < -0.4 is 0 Å². The van der Waals surface area contributed by atoms with Crippen LogP contribution in [0, 0.1) is 5.41 Å². The zero-order valence-corrected chi connectivity index (χ0v) is 9.15. The Labute approximate surface area is 77.5 Å². The second kappa shape index (κ2) is 6.47. The molecule has 0 atom stereocenters. The third-order valence-electron chi connectivity index (χ3n) is 2.15. The van der Waals surface area contributed by atoms with Crippen LogP contribution in [0.2, 0.25) is 0 Å². The maximum atomic E-state index is 5.43. The Morgan fingerprint density at radius 1 is 1.08 bits per heavy atom. The van der Waals surface area contributed by atoms with E-state index >= 15 is 0 Å². The van der Waals surface area contributed by atoms with Gasteiger partial charge in [0.25, 0.3) is 0 Å². The van der Waals surface area contributed by atoms with Crippen molar-refractivity contribution < 1.29 is 4.74 Å². The summed E-state index contributed by atoms with van der Waals surface area (Å²) in [5, 5.41) is 0. The molecule has 74 valence electrons. The van der Waals surface area contributed by atoms with Crippen molar-refractivity contribution in [3.8, 4) is 0 Å². The second-order valence-corrected chi connectivity index (χ2v) is 4.26. The molecule has 0 aliphatic carbocycles. The molecule has 0 saturated carbocycles. The highest BCUT2D eigenvalue weighted by molar-refractivity contribution is 4.67. The first-order valence-electron chi connectivity index (χ1n) is 5.20. The summed E-state index contributed by atoms with van der Waals surface area (Å²) in [6.07, 6.45) is 5.30. The Kier molecular flexibility index (Phi) is 6.45. The molecule has 0 aliphatic heterocycles. The molecule has 12 heavy (non-hydrogen) atoms. The molecule has 0 aliphatic rings. The number of hydrogen-bond donors (Lipinski definition) is 0. The van der Waals surface area contributed by atoms with Gasteiger partial charge in [0.2, 0.25) is 0 Å². The summed E-state index contributed by atoms with van der Waals surface area (Å²) >= 11 is 0. The molecule has 1 nitrogen and oxygen atoms in total. The highest BCUT2D eigenvalue weighted by Crippen LogP contribution is 2.23. The van der Waals surface area contributed by atoms with E-state index in [4.69, 9.17) is 4.74 Å². The molecule has 0 fully saturated rings. The van der Waals surface area contributed by atoms with E-state index in [1.54, 1.807) is 0 Å². The van der Waals surface area contributed by atoms with Crippen LogP contribution in [0.5, 0.6) is 0 Å². The zero-order valence-electron chi connectivity index (χ0n) is 9.15. The van der Waals surface area contributed by atoms with Crippen LogP contribution in [0.1, 0.15) is 53.4 Å². The van der Waals surface area contributed by atoms with Gasteiger partial charge in [-0.05, 0) is 18.8 Å². The summed E-state index contributed by atoms with van der Waals surface area (Å²) in [4.78, 5) is 0.